The van der Waals surface area contributed by atoms with Crippen LogP contribution in [-0.4, -0.2) is 34.0 Å². The van der Waals surface area contributed by atoms with E-state index in [0.29, 0.717) is 24.5 Å². The van der Waals surface area contributed by atoms with Crippen LogP contribution in [-0.2, 0) is 12.8 Å². The maximum absolute atomic E-state index is 9.76. The van der Waals surface area contributed by atoms with Gasteiger partial charge < -0.3 is 10.0 Å². The summed E-state index contributed by atoms with van der Waals surface area (Å²) in [5, 5.41) is 27.5. The molecule has 0 amide bonds. The summed E-state index contributed by atoms with van der Waals surface area (Å²) in [6.07, 6.45) is 1.56. The zero-order valence-corrected chi connectivity index (χ0v) is 11.1. The van der Waals surface area contributed by atoms with Gasteiger partial charge in [0.1, 0.15) is 11.6 Å². The summed E-state index contributed by atoms with van der Waals surface area (Å²) < 4.78 is 0. The molecule has 1 fully saturated rings. The fourth-order valence-electron chi connectivity index (χ4n) is 2.43. The zero-order valence-electron chi connectivity index (χ0n) is 11.1. The lowest BCUT2D eigenvalue weighted by Gasteiger charge is -2.45. The van der Waals surface area contributed by atoms with Gasteiger partial charge in [0.05, 0.1) is 11.3 Å². The molecule has 1 aliphatic heterocycles. The summed E-state index contributed by atoms with van der Waals surface area (Å²) in [5.41, 5.74) is 1.81. The number of anilines is 1. The van der Waals surface area contributed by atoms with Crippen molar-refractivity contribution in [3.63, 3.8) is 0 Å². The van der Waals surface area contributed by atoms with Gasteiger partial charge >= 0.3 is 0 Å². The lowest BCUT2D eigenvalue weighted by molar-refractivity contribution is 0.0304. The molecule has 1 saturated heterocycles. The van der Waals surface area contributed by atoms with E-state index < -0.39 is 5.60 Å². The van der Waals surface area contributed by atoms with E-state index in [2.05, 4.69) is 16.3 Å². The van der Waals surface area contributed by atoms with Crippen molar-refractivity contribution in [2.24, 2.45) is 0 Å². The number of aliphatic hydroxyl groups is 1. The molecule has 96 valence electrons. The first-order valence-electron chi connectivity index (χ1n) is 6.28. The Hall–Kier alpha value is -1.67. The monoisotopic (exact) mass is 246 g/mol. The first-order chi connectivity index (χ1) is 8.52. The van der Waals surface area contributed by atoms with Crippen molar-refractivity contribution in [2.45, 2.75) is 39.2 Å². The highest BCUT2D eigenvalue weighted by Crippen LogP contribution is 2.30. The maximum atomic E-state index is 9.76. The number of nitrogens with zero attached hydrogens (tertiary/aromatic N) is 4. The van der Waals surface area contributed by atoms with Crippen LogP contribution in [0.15, 0.2) is 0 Å². The van der Waals surface area contributed by atoms with E-state index in [0.717, 1.165) is 24.1 Å². The number of aryl methyl sites for hydroxylation is 1. The van der Waals surface area contributed by atoms with Gasteiger partial charge in [-0.1, -0.05) is 13.8 Å². The van der Waals surface area contributed by atoms with E-state index >= 15 is 0 Å². The van der Waals surface area contributed by atoms with Crippen molar-refractivity contribution in [2.75, 3.05) is 18.0 Å². The van der Waals surface area contributed by atoms with Gasteiger partial charge in [-0.15, -0.1) is 5.10 Å². The molecule has 2 rings (SSSR count). The molecule has 1 aromatic heterocycles. The van der Waals surface area contributed by atoms with Crippen LogP contribution >= 0.6 is 0 Å². The first-order valence-corrected chi connectivity index (χ1v) is 6.28. The number of β-amino-alcohol motifs (C(OH)–C–C–N with tert-alkyl or cyclic N) is 1. The van der Waals surface area contributed by atoms with E-state index in [1.807, 2.05) is 18.7 Å². The van der Waals surface area contributed by atoms with Gasteiger partial charge in [0, 0.05) is 13.1 Å². The largest absolute Gasteiger partial charge is 0.386 e. The molecule has 5 nitrogen and oxygen atoms in total. The van der Waals surface area contributed by atoms with Crippen molar-refractivity contribution in [3.05, 3.63) is 16.8 Å². The van der Waals surface area contributed by atoms with Crippen LogP contribution in [0.1, 0.15) is 37.6 Å². The molecule has 0 bridgehead atoms. The Labute approximate surface area is 107 Å². The van der Waals surface area contributed by atoms with Crippen LogP contribution in [0, 0.1) is 11.3 Å². The third kappa shape index (κ3) is 2.04. The predicted molar refractivity (Wildman–Crippen MR) is 68.3 cm³/mol. The number of hydrogen-bond donors (Lipinski definition) is 1. The summed E-state index contributed by atoms with van der Waals surface area (Å²) in [6.45, 7) is 6.82. The minimum Gasteiger partial charge on any atom is -0.386 e. The normalized spacial score (nSPS) is 17.2. The summed E-state index contributed by atoms with van der Waals surface area (Å²) in [5.74, 6) is 0.609. The highest BCUT2D eigenvalue weighted by molar-refractivity contribution is 5.60. The second-order valence-electron chi connectivity index (χ2n) is 5.00. The van der Waals surface area contributed by atoms with E-state index in [4.69, 9.17) is 0 Å². The molecule has 0 unspecified atom stereocenters. The fourth-order valence-corrected chi connectivity index (χ4v) is 2.43. The Bertz CT molecular complexity index is 496. The van der Waals surface area contributed by atoms with E-state index in [-0.39, 0.29) is 0 Å². The number of nitriles is 1. The van der Waals surface area contributed by atoms with Gasteiger partial charge in [-0.3, -0.25) is 0 Å². The van der Waals surface area contributed by atoms with E-state index in [1.165, 1.54) is 0 Å². The summed E-state index contributed by atoms with van der Waals surface area (Å²) in [6, 6.07) is 2.24. The van der Waals surface area contributed by atoms with Gasteiger partial charge in [-0.2, -0.15) is 10.4 Å². The highest BCUT2D eigenvalue weighted by atomic mass is 16.3. The second-order valence-corrected chi connectivity index (χ2v) is 5.00. The molecule has 2 heterocycles. The Kier molecular flexibility index (Phi) is 3.22. The summed E-state index contributed by atoms with van der Waals surface area (Å²) in [4.78, 5) is 1.91. The van der Waals surface area contributed by atoms with Gasteiger partial charge in [-0.25, -0.2) is 0 Å². The zero-order chi connectivity index (χ0) is 13.3. The van der Waals surface area contributed by atoms with Gasteiger partial charge in [0.2, 0.25) is 0 Å². The van der Waals surface area contributed by atoms with Gasteiger partial charge in [-0.05, 0) is 25.3 Å². The topological polar surface area (TPSA) is 73.0 Å². The maximum Gasteiger partial charge on any atom is 0.169 e. The van der Waals surface area contributed by atoms with Crippen LogP contribution in [0.4, 0.5) is 5.82 Å². The number of aromatic nitrogens is 2. The minimum atomic E-state index is -0.676. The smallest absolute Gasteiger partial charge is 0.169 e. The fraction of sp³-hybridized carbons (Fsp3) is 0.615. The van der Waals surface area contributed by atoms with Crippen LogP contribution in [0.5, 0.6) is 0 Å². The molecular weight excluding hydrogens is 228 g/mol. The highest BCUT2D eigenvalue weighted by Gasteiger charge is 2.39. The first kappa shape index (κ1) is 12.8. The average Bonchev–Trinajstić information content (AvgIpc) is 2.33. The minimum absolute atomic E-state index is 0.505. The molecule has 1 N–H and O–H groups in total. The molecule has 1 aliphatic rings. The van der Waals surface area contributed by atoms with Crippen LogP contribution < -0.4 is 4.90 Å². The van der Waals surface area contributed by atoms with Crippen LogP contribution in [0.3, 0.4) is 0 Å². The second kappa shape index (κ2) is 4.54. The van der Waals surface area contributed by atoms with Crippen LogP contribution in [0.25, 0.3) is 0 Å². The Morgan fingerprint density at radius 1 is 1.33 bits per heavy atom. The predicted octanol–water partition coefficient (Wildman–Crippen LogP) is 1.04. The van der Waals surface area contributed by atoms with Crippen molar-refractivity contribution < 1.29 is 5.11 Å². The quantitative estimate of drug-likeness (QED) is 0.862. The molecule has 0 aliphatic carbocycles. The molecule has 0 spiro atoms. The number of hydrogen-bond acceptors (Lipinski definition) is 5. The van der Waals surface area contributed by atoms with Crippen molar-refractivity contribution in [1.82, 2.24) is 10.2 Å². The van der Waals surface area contributed by atoms with Crippen molar-refractivity contribution >= 4 is 5.82 Å². The molecule has 0 radical (unpaired) electrons. The van der Waals surface area contributed by atoms with Gasteiger partial charge in [0.15, 0.2) is 5.82 Å². The molecule has 0 aromatic carbocycles. The molecule has 0 saturated carbocycles. The van der Waals surface area contributed by atoms with E-state index in [9.17, 15) is 10.4 Å². The number of rotatable bonds is 3. The molecule has 1 aromatic rings. The Morgan fingerprint density at radius 3 is 2.44 bits per heavy atom. The van der Waals surface area contributed by atoms with E-state index in [1.54, 1.807) is 6.92 Å². The average molecular weight is 246 g/mol. The third-order valence-corrected chi connectivity index (χ3v) is 3.30. The van der Waals surface area contributed by atoms with Gasteiger partial charge in [0.25, 0.3) is 0 Å². The SMILES string of the molecule is CCc1nnc(N2CC(C)(O)C2)c(C#N)c1CC. The molecule has 5 heteroatoms. The molecular formula is C13H18N4O. The lowest BCUT2D eigenvalue weighted by Crippen LogP contribution is -2.60. The van der Waals surface area contributed by atoms with Crippen molar-refractivity contribution in [1.29, 1.82) is 5.26 Å². The summed E-state index contributed by atoms with van der Waals surface area (Å²) in [7, 11) is 0. The third-order valence-electron chi connectivity index (χ3n) is 3.30. The van der Waals surface area contributed by atoms with Crippen LogP contribution in [0.2, 0.25) is 0 Å². The van der Waals surface area contributed by atoms with Crippen molar-refractivity contribution in [3.8, 4) is 6.07 Å². The Balaban J connectivity index is 2.41. The molecule has 18 heavy (non-hydrogen) atoms. The summed E-state index contributed by atoms with van der Waals surface area (Å²) >= 11 is 0. The standard InChI is InChI=1S/C13H18N4O/c1-4-9-10(6-14)12(16-15-11(9)5-2)17-7-13(3,18)8-17/h18H,4-5,7-8H2,1-3H3. The molecule has 0 atom stereocenters. The Morgan fingerprint density at radius 2 is 2.00 bits per heavy atom. The lowest BCUT2D eigenvalue weighted by atomic mass is 9.95.